The summed E-state index contributed by atoms with van der Waals surface area (Å²) in [5.41, 5.74) is 0.819. The van der Waals surface area contributed by atoms with E-state index in [1.165, 1.54) is 4.90 Å². The number of anilines is 1. The Labute approximate surface area is 74.5 Å². The van der Waals surface area contributed by atoms with Crippen molar-refractivity contribution in [2.24, 2.45) is 0 Å². The lowest BCUT2D eigenvalue weighted by atomic mass is 10.3. The van der Waals surface area contributed by atoms with Crippen LogP contribution < -0.4 is 5.32 Å². The summed E-state index contributed by atoms with van der Waals surface area (Å²) in [5, 5.41) is 2.58. The first-order valence-electron chi connectivity index (χ1n) is 3.50. The molecule has 0 aliphatic heterocycles. The Balaban J connectivity index is 2.85. The highest BCUT2D eigenvalue weighted by Gasteiger charge is 1.91. The molecule has 0 aromatic heterocycles. The van der Waals surface area contributed by atoms with Gasteiger partial charge in [-0.3, -0.25) is 4.79 Å². The van der Waals surface area contributed by atoms with Gasteiger partial charge >= 0.3 is 0 Å². The van der Waals surface area contributed by atoms with E-state index >= 15 is 0 Å². The topological polar surface area (TPSA) is 29.1 Å². The summed E-state index contributed by atoms with van der Waals surface area (Å²) in [4.78, 5) is 11.3. The molecule has 12 heavy (non-hydrogen) atoms. The zero-order valence-corrected chi connectivity index (χ0v) is 7.73. The number of benzene rings is 1. The summed E-state index contributed by atoms with van der Waals surface area (Å²) >= 11 is 0. The van der Waals surface area contributed by atoms with Crippen molar-refractivity contribution >= 4 is 28.5 Å². The summed E-state index contributed by atoms with van der Waals surface area (Å²) in [6.07, 6.45) is 2.73. The first-order valence-corrected chi connectivity index (χ1v) is 5.30. The van der Waals surface area contributed by atoms with Gasteiger partial charge in [-0.05, 0) is 30.5 Å². The Hall–Kier alpha value is -1.09. The van der Waals surface area contributed by atoms with Crippen molar-refractivity contribution in [3.8, 4) is 0 Å². The third-order valence-electron chi connectivity index (χ3n) is 1.48. The number of hydrogen-bond donors (Lipinski definition) is 1. The van der Waals surface area contributed by atoms with Gasteiger partial charge < -0.3 is 5.32 Å². The van der Waals surface area contributed by atoms with E-state index in [0.717, 1.165) is 5.69 Å². The minimum atomic E-state index is 0.0427. The van der Waals surface area contributed by atoms with Gasteiger partial charge in [0.05, 0.1) is 0 Å². The third-order valence-corrected chi connectivity index (χ3v) is 2.56. The maximum atomic E-state index is 10.1. The monoisotopic (exact) mass is 181 g/mol. The number of rotatable bonds is 3. The van der Waals surface area contributed by atoms with Crippen LogP contribution in [0, 0.1) is 0 Å². The molecule has 0 heterocycles. The van der Waals surface area contributed by atoms with Gasteiger partial charge in [0.25, 0.3) is 0 Å². The highest BCUT2D eigenvalue weighted by molar-refractivity contribution is 8.13. The maximum absolute atomic E-state index is 10.1. The van der Waals surface area contributed by atoms with Gasteiger partial charge in [0.1, 0.15) is 0 Å². The lowest BCUT2D eigenvalue weighted by Gasteiger charge is -2.02. The van der Waals surface area contributed by atoms with E-state index in [1.807, 2.05) is 24.3 Å². The lowest BCUT2D eigenvalue weighted by molar-refractivity contribution is -0.105. The zero-order valence-electron chi connectivity index (χ0n) is 6.91. The summed E-state index contributed by atoms with van der Waals surface area (Å²) < 4.78 is 0. The van der Waals surface area contributed by atoms with Crippen LogP contribution in [0.15, 0.2) is 29.2 Å². The molecule has 0 aliphatic rings. The molecule has 0 saturated carbocycles. The van der Waals surface area contributed by atoms with Crippen LogP contribution in [0.3, 0.4) is 0 Å². The Kier molecular flexibility index (Phi) is 3.05. The van der Waals surface area contributed by atoms with Crippen molar-refractivity contribution in [2.45, 2.75) is 4.90 Å². The maximum Gasteiger partial charge on any atom is 0.211 e. The zero-order chi connectivity index (χ0) is 8.97. The predicted octanol–water partition coefficient (Wildman–Crippen LogP) is 1.94. The van der Waals surface area contributed by atoms with Gasteiger partial charge in [-0.2, -0.15) is 10.5 Å². The summed E-state index contributed by atoms with van der Waals surface area (Å²) in [7, 11) is 0.0427. The molecule has 0 aliphatic carbocycles. The van der Waals surface area contributed by atoms with Crippen LogP contribution in [0.5, 0.6) is 0 Å². The van der Waals surface area contributed by atoms with E-state index in [1.54, 1.807) is 0 Å². The van der Waals surface area contributed by atoms with Crippen LogP contribution in [-0.2, 0) is 4.79 Å². The average molecular weight is 181 g/mol. The Morgan fingerprint density at radius 1 is 1.42 bits per heavy atom. The fourth-order valence-electron chi connectivity index (χ4n) is 0.852. The lowest BCUT2D eigenvalue weighted by Crippen LogP contribution is -1.92. The van der Waals surface area contributed by atoms with E-state index in [9.17, 15) is 4.79 Å². The summed E-state index contributed by atoms with van der Waals surface area (Å²) in [5.74, 6) is 3.92. The highest BCUT2D eigenvalue weighted by Crippen LogP contribution is 2.21. The van der Waals surface area contributed by atoms with Gasteiger partial charge in [0, 0.05) is 10.6 Å². The Morgan fingerprint density at radius 3 is 2.42 bits per heavy atom. The molecule has 1 amide bonds. The predicted molar refractivity (Wildman–Crippen MR) is 55.0 cm³/mol. The van der Waals surface area contributed by atoms with Crippen molar-refractivity contribution in [1.29, 1.82) is 0 Å². The molecule has 2 nitrogen and oxygen atoms in total. The molecule has 1 aromatic rings. The third kappa shape index (κ3) is 2.20. The van der Waals surface area contributed by atoms with Crippen LogP contribution in [0.25, 0.3) is 0 Å². The summed E-state index contributed by atoms with van der Waals surface area (Å²) in [6.45, 7) is 0. The standard InChI is InChI=1S/C9H11NOS/c1-12(2)9-5-3-8(4-6-9)10-7-11/h3-7H,1H2,2H3,(H,10,11). The van der Waals surface area contributed by atoms with Crippen molar-refractivity contribution < 1.29 is 4.79 Å². The van der Waals surface area contributed by atoms with Gasteiger partial charge in [0.2, 0.25) is 6.41 Å². The number of nitrogens with one attached hydrogen (secondary N) is 1. The first-order chi connectivity index (χ1) is 5.74. The molecule has 0 spiro atoms. The number of carbonyl (C=O) groups is 1. The summed E-state index contributed by atoms with van der Waals surface area (Å²) in [6, 6.07) is 7.70. The van der Waals surface area contributed by atoms with E-state index < -0.39 is 0 Å². The van der Waals surface area contributed by atoms with E-state index in [-0.39, 0.29) is 10.5 Å². The molecule has 0 saturated heterocycles. The minimum absolute atomic E-state index is 0.0427. The van der Waals surface area contributed by atoms with Gasteiger partial charge in [-0.15, -0.1) is 0 Å². The molecule has 1 unspecified atom stereocenters. The highest BCUT2D eigenvalue weighted by atomic mass is 32.2. The van der Waals surface area contributed by atoms with Crippen molar-refractivity contribution in [2.75, 3.05) is 11.6 Å². The fourth-order valence-corrected chi connectivity index (χ4v) is 1.45. The number of carbonyl (C=O) groups excluding carboxylic acids is 1. The fraction of sp³-hybridized carbons (Fsp3) is 0.111. The molecule has 1 aromatic carbocycles. The van der Waals surface area contributed by atoms with Crippen molar-refractivity contribution in [1.82, 2.24) is 0 Å². The number of amides is 1. The smallest absolute Gasteiger partial charge is 0.211 e. The Bertz CT molecular complexity index is 292. The molecule has 0 radical (unpaired) electrons. The van der Waals surface area contributed by atoms with Gasteiger partial charge in [0.15, 0.2) is 0 Å². The first kappa shape index (κ1) is 9.00. The normalized spacial score (nSPS) is 12.1. The molecule has 1 atom stereocenters. The molecule has 1 N–H and O–H groups in total. The van der Waals surface area contributed by atoms with Crippen LogP contribution in [0.2, 0.25) is 0 Å². The SMILES string of the molecule is C=S(C)c1ccc(NC=O)cc1. The number of hydrogen-bond acceptors (Lipinski definition) is 1. The van der Waals surface area contributed by atoms with Gasteiger partial charge in [-0.25, -0.2) is 0 Å². The van der Waals surface area contributed by atoms with Crippen LogP contribution in [-0.4, -0.2) is 18.5 Å². The second-order valence-corrected chi connectivity index (χ2v) is 4.17. The van der Waals surface area contributed by atoms with Crippen molar-refractivity contribution in [3.63, 3.8) is 0 Å². The molecule has 0 bridgehead atoms. The minimum Gasteiger partial charge on any atom is -0.329 e. The average Bonchev–Trinajstić information content (AvgIpc) is 2.06. The van der Waals surface area contributed by atoms with Crippen LogP contribution >= 0.6 is 10.5 Å². The van der Waals surface area contributed by atoms with Crippen LogP contribution in [0.1, 0.15) is 0 Å². The van der Waals surface area contributed by atoms with E-state index in [4.69, 9.17) is 0 Å². The second-order valence-electron chi connectivity index (χ2n) is 2.42. The van der Waals surface area contributed by atoms with Crippen molar-refractivity contribution in [3.05, 3.63) is 24.3 Å². The quantitative estimate of drug-likeness (QED) is 0.560. The molecule has 1 rings (SSSR count). The molecular weight excluding hydrogens is 170 g/mol. The Morgan fingerprint density at radius 2 is 2.00 bits per heavy atom. The van der Waals surface area contributed by atoms with E-state index in [0.29, 0.717) is 6.41 Å². The molecule has 3 heteroatoms. The van der Waals surface area contributed by atoms with Crippen LogP contribution in [0.4, 0.5) is 5.69 Å². The largest absolute Gasteiger partial charge is 0.329 e. The van der Waals surface area contributed by atoms with Gasteiger partial charge in [-0.1, -0.05) is 5.87 Å². The second kappa shape index (κ2) is 4.07. The molecular formula is C9H11NOS. The molecule has 0 fully saturated rings. The van der Waals surface area contributed by atoms with E-state index in [2.05, 4.69) is 17.4 Å². The molecule has 64 valence electrons.